The molecular weight excluding hydrogens is 218 g/mol. The third kappa shape index (κ3) is 3.20. The number of aryl methyl sites for hydroxylation is 1. The Kier molecular flexibility index (Phi) is 4.52. The maximum Gasteiger partial charge on any atom is 0.317 e. The van der Waals surface area contributed by atoms with E-state index < -0.39 is 5.97 Å². The summed E-state index contributed by atoms with van der Waals surface area (Å²) in [6, 6.07) is 1.99. The average molecular weight is 237 g/mol. The first-order valence-electron chi connectivity index (χ1n) is 5.53. The molecule has 1 aromatic rings. The van der Waals surface area contributed by atoms with Crippen LogP contribution in [0.1, 0.15) is 22.3 Å². The van der Waals surface area contributed by atoms with E-state index in [0.717, 1.165) is 28.0 Å². The molecule has 0 amide bonds. The van der Waals surface area contributed by atoms with E-state index in [-0.39, 0.29) is 6.54 Å². The minimum absolute atomic E-state index is 0.0239. The Morgan fingerprint density at radius 1 is 1.35 bits per heavy atom. The van der Waals surface area contributed by atoms with Gasteiger partial charge < -0.3 is 15.2 Å². The van der Waals surface area contributed by atoms with E-state index in [2.05, 4.69) is 5.32 Å². The van der Waals surface area contributed by atoms with Crippen LogP contribution < -0.4 is 10.1 Å². The highest BCUT2D eigenvalue weighted by Gasteiger charge is 2.10. The molecule has 4 heteroatoms. The fourth-order valence-corrected chi connectivity index (χ4v) is 1.88. The van der Waals surface area contributed by atoms with Crippen molar-refractivity contribution in [2.45, 2.75) is 27.3 Å². The number of nitrogens with one attached hydrogen (secondary N) is 1. The van der Waals surface area contributed by atoms with E-state index in [9.17, 15) is 4.79 Å². The van der Waals surface area contributed by atoms with Crippen LogP contribution in [0, 0.1) is 20.8 Å². The molecule has 2 N–H and O–H groups in total. The lowest BCUT2D eigenvalue weighted by molar-refractivity contribution is -0.135. The van der Waals surface area contributed by atoms with Crippen molar-refractivity contribution in [1.29, 1.82) is 0 Å². The van der Waals surface area contributed by atoms with Gasteiger partial charge in [0.2, 0.25) is 0 Å². The van der Waals surface area contributed by atoms with E-state index in [4.69, 9.17) is 9.84 Å². The highest BCUT2D eigenvalue weighted by molar-refractivity contribution is 5.69. The van der Waals surface area contributed by atoms with Crippen LogP contribution in [-0.4, -0.2) is 24.7 Å². The van der Waals surface area contributed by atoms with Crippen LogP contribution in [0.4, 0.5) is 0 Å². The second kappa shape index (κ2) is 5.68. The van der Waals surface area contributed by atoms with Crippen LogP contribution in [0.2, 0.25) is 0 Å². The number of benzene rings is 1. The van der Waals surface area contributed by atoms with Crippen molar-refractivity contribution in [3.63, 3.8) is 0 Å². The molecule has 0 aliphatic rings. The van der Waals surface area contributed by atoms with Crippen LogP contribution >= 0.6 is 0 Å². The summed E-state index contributed by atoms with van der Waals surface area (Å²) in [5.41, 5.74) is 4.51. The summed E-state index contributed by atoms with van der Waals surface area (Å²) in [7, 11) is 1.66. The highest BCUT2D eigenvalue weighted by Crippen LogP contribution is 2.27. The molecule has 0 aliphatic heterocycles. The first-order valence-corrected chi connectivity index (χ1v) is 5.53. The lowest BCUT2D eigenvalue weighted by Gasteiger charge is -2.16. The van der Waals surface area contributed by atoms with Gasteiger partial charge in [-0.1, -0.05) is 0 Å². The fourth-order valence-electron chi connectivity index (χ4n) is 1.88. The molecule has 0 heterocycles. The van der Waals surface area contributed by atoms with E-state index in [1.807, 2.05) is 26.8 Å². The van der Waals surface area contributed by atoms with Crippen molar-refractivity contribution in [3.05, 3.63) is 28.3 Å². The Morgan fingerprint density at radius 2 is 2.00 bits per heavy atom. The molecule has 17 heavy (non-hydrogen) atoms. The Balaban J connectivity index is 2.92. The molecule has 0 radical (unpaired) electrons. The zero-order chi connectivity index (χ0) is 13.0. The van der Waals surface area contributed by atoms with Gasteiger partial charge in [-0.05, 0) is 49.1 Å². The molecule has 0 unspecified atom stereocenters. The van der Waals surface area contributed by atoms with E-state index >= 15 is 0 Å². The zero-order valence-electron chi connectivity index (χ0n) is 10.8. The minimum atomic E-state index is -0.842. The van der Waals surface area contributed by atoms with Crippen LogP contribution in [0.15, 0.2) is 6.07 Å². The molecule has 0 aliphatic carbocycles. The molecule has 0 saturated heterocycles. The summed E-state index contributed by atoms with van der Waals surface area (Å²) in [6.07, 6.45) is 0. The number of rotatable bonds is 5. The van der Waals surface area contributed by atoms with Crippen molar-refractivity contribution in [1.82, 2.24) is 5.32 Å². The van der Waals surface area contributed by atoms with Crippen LogP contribution in [0.5, 0.6) is 5.75 Å². The highest BCUT2D eigenvalue weighted by atomic mass is 16.5. The number of ether oxygens (including phenoxy) is 1. The molecule has 0 saturated carbocycles. The van der Waals surface area contributed by atoms with Gasteiger partial charge >= 0.3 is 5.97 Å². The molecule has 4 nitrogen and oxygen atoms in total. The number of carboxylic acid groups (broad SMARTS) is 1. The smallest absolute Gasteiger partial charge is 0.317 e. The zero-order valence-corrected chi connectivity index (χ0v) is 10.8. The standard InChI is InChI=1S/C13H19NO3/c1-8-5-12(17-4)10(3)9(2)11(8)6-14-7-13(15)16/h5,14H,6-7H2,1-4H3,(H,15,16). The number of carbonyl (C=O) groups is 1. The number of methoxy groups -OCH3 is 1. The molecule has 1 rings (SSSR count). The first kappa shape index (κ1) is 13.5. The SMILES string of the molecule is COc1cc(C)c(CNCC(=O)O)c(C)c1C. The fraction of sp³-hybridized carbons (Fsp3) is 0.462. The van der Waals surface area contributed by atoms with Crippen LogP contribution in [-0.2, 0) is 11.3 Å². The van der Waals surface area contributed by atoms with E-state index in [1.165, 1.54) is 0 Å². The third-order valence-corrected chi connectivity index (χ3v) is 3.01. The molecule has 0 spiro atoms. The maximum absolute atomic E-state index is 10.4. The van der Waals surface area contributed by atoms with Crippen molar-refractivity contribution >= 4 is 5.97 Å². The average Bonchev–Trinajstić information content (AvgIpc) is 2.27. The Bertz CT molecular complexity index is 427. The minimum Gasteiger partial charge on any atom is -0.496 e. The van der Waals surface area contributed by atoms with Gasteiger partial charge in [0.25, 0.3) is 0 Å². The van der Waals surface area contributed by atoms with Gasteiger partial charge in [0.15, 0.2) is 0 Å². The van der Waals surface area contributed by atoms with Crippen molar-refractivity contribution in [3.8, 4) is 5.75 Å². The Labute approximate surface area is 102 Å². The van der Waals surface area contributed by atoms with Crippen molar-refractivity contribution in [2.75, 3.05) is 13.7 Å². The molecule has 0 atom stereocenters. The monoisotopic (exact) mass is 237 g/mol. The molecule has 94 valence electrons. The second-order valence-corrected chi connectivity index (χ2v) is 4.12. The normalized spacial score (nSPS) is 10.4. The summed E-state index contributed by atoms with van der Waals surface area (Å²) in [4.78, 5) is 10.4. The lowest BCUT2D eigenvalue weighted by Crippen LogP contribution is -2.23. The van der Waals surface area contributed by atoms with Gasteiger partial charge in [0, 0.05) is 6.54 Å². The lowest BCUT2D eigenvalue weighted by atomic mass is 9.97. The number of carboxylic acids is 1. The molecule has 0 bridgehead atoms. The molecular formula is C13H19NO3. The predicted octanol–water partition coefficient (Wildman–Crippen LogP) is 1.79. The van der Waals surface area contributed by atoms with E-state index in [1.54, 1.807) is 7.11 Å². The number of hydrogen-bond donors (Lipinski definition) is 2. The van der Waals surface area contributed by atoms with Gasteiger partial charge in [0.1, 0.15) is 5.75 Å². The van der Waals surface area contributed by atoms with Gasteiger partial charge in [-0.25, -0.2) is 0 Å². The topological polar surface area (TPSA) is 58.6 Å². The summed E-state index contributed by atoms with van der Waals surface area (Å²) in [6.45, 7) is 6.59. The van der Waals surface area contributed by atoms with Crippen LogP contribution in [0.3, 0.4) is 0 Å². The largest absolute Gasteiger partial charge is 0.496 e. The summed E-state index contributed by atoms with van der Waals surface area (Å²) in [5, 5.41) is 11.5. The first-order chi connectivity index (χ1) is 7.97. The number of hydrogen-bond acceptors (Lipinski definition) is 3. The third-order valence-electron chi connectivity index (χ3n) is 3.01. The Morgan fingerprint density at radius 3 is 2.53 bits per heavy atom. The molecule has 1 aromatic carbocycles. The van der Waals surface area contributed by atoms with Gasteiger partial charge in [0.05, 0.1) is 13.7 Å². The van der Waals surface area contributed by atoms with Crippen molar-refractivity contribution < 1.29 is 14.6 Å². The van der Waals surface area contributed by atoms with Gasteiger partial charge in [-0.15, -0.1) is 0 Å². The maximum atomic E-state index is 10.4. The molecule has 0 fully saturated rings. The predicted molar refractivity (Wildman–Crippen MR) is 66.5 cm³/mol. The van der Waals surface area contributed by atoms with E-state index in [0.29, 0.717) is 6.54 Å². The summed E-state index contributed by atoms with van der Waals surface area (Å²) in [5.74, 6) is 0.0347. The number of aliphatic carboxylic acids is 1. The van der Waals surface area contributed by atoms with Gasteiger partial charge in [-0.3, -0.25) is 4.79 Å². The Hall–Kier alpha value is -1.55. The van der Waals surface area contributed by atoms with Gasteiger partial charge in [-0.2, -0.15) is 0 Å². The molecule has 0 aromatic heterocycles. The summed E-state index contributed by atoms with van der Waals surface area (Å²) < 4.78 is 5.29. The second-order valence-electron chi connectivity index (χ2n) is 4.12. The van der Waals surface area contributed by atoms with Crippen LogP contribution in [0.25, 0.3) is 0 Å². The summed E-state index contributed by atoms with van der Waals surface area (Å²) >= 11 is 0. The van der Waals surface area contributed by atoms with Crippen molar-refractivity contribution in [2.24, 2.45) is 0 Å². The quantitative estimate of drug-likeness (QED) is 0.819.